The normalized spacial score (nSPS) is 15.2. The van der Waals surface area contributed by atoms with Gasteiger partial charge in [0.1, 0.15) is 23.4 Å². The number of hydrogen-bond acceptors (Lipinski definition) is 4. The van der Waals surface area contributed by atoms with E-state index in [1.807, 2.05) is 6.07 Å². The number of rotatable bonds is 6. The number of urea groups is 1. The van der Waals surface area contributed by atoms with Crippen LogP contribution in [0.25, 0.3) is 0 Å². The van der Waals surface area contributed by atoms with Crippen molar-refractivity contribution in [3.05, 3.63) is 95.6 Å². The van der Waals surface area contributed by atoms with E-state index in [0.29, 0.717) is 11.4 Å². The topological polar surface area (TPSA) is 91.0 Å². The molecule has 1 heterocycles. The van der Waals surface area contributed by atoms with Crippen molar-refractivity contribution in [2.24, 2.45) is 0 Å². The van der Waals surface area contributed by atoms with Gasteiger partial charge in [0.15, 0.2) is 0 Å². The number of benzene rings is 3. The van der Waals surface area contributed by atoms with E-state index in [2.05, 4.69) is 10.6 Å². The average molecular weight is 509 g/mol. The highest BCUT2D eigenvalue weighted by Crippen LogP contribution is 2.18. The highest BCUT2D eigenvalue weighted by atomic mass is 19.1. The summed E-state index contributed by atoms with van der Waals surface area (Å²) in [5.41, 5.74) is 1.43. The first kappa shape index (κ1) is 25.6. The molecule has 10 heteroatoms. The van der Waals surface area contributed by atoms with E-state index in [4.69, 9.17) is 4.74 Å². The van der Waals surface area contributed by atoms with Crippen LogP contribution in [0.4, 0.5) is 19.3 Å². The molecule has 0 saturated carbocycles. The van der Waals surface area contributed by atoms with Crippen LogP contribution in [0.1, 0.15) is 15.9 Å². The summed E-state index contributed by atoms with van der Waals surface area (Å²) in [4.78, 5) is 42.2. The molecule has 3 aromatic rings. The van der Waals surface area contributed by atoms with Crippen molar-refractivity contribution in [2.75, 3.05) is 32.1 Å². The second-order valence-corrected chi connectivity index (χ2v) is 8.47. The van der Waals surface area contributed by atoms with Crippen molar-refractivity contribution in [1.82, 2.24) is 15.1 Å². The second kappa shape index (κ2) is 11.5. The predicted molar refractivity (Wildman–Crippen MR) is 133 cm³/mol. The minimum absolute atomic E-state index is 0.0656. The first-order valence-corrected chi connectivity index (χ1v) is 11.6. The number of ether oxygens (including phenoxy) is 1. The van der Waals surface area contributed by atoms with Crippen LogP contribution in [0.15, 0.2) is 72.8 Å². The number of nitrogens with one attached hydrogen (secondary N) is 2. The summed E-state index contributed by atoms with van der Waals surface area (Å²) in [7, 11) is 1.55. The SMILES string of the molecule is COc1cccc(CNC(=O)C2CN(C(=O)Nc3ccc(F)cc3)CCN2C(=O)c2ccc(F)cc2)c1. The third-order valence-electron chi connectivity index (χ3n) is 6.02. The van der Waals surface area contributed by atoms with E-state index in [1.165, 1.54) is 58.3 Å². The summed E-state index contributed by atoms with van der Waals surface area (Å²) < 4.78 is 31.8. The van der Waals surface area contributed by atoms with Gasteiger partial charge in [-0.1, -0.05) is 12.1 Å². The molecule has 1 atom stereocenters. The van der Waals surface area contributed by atoms with E-state index in [9.17, 15) is 23.2 Å². The second-order valence-electron chi connectivity index (χ2n) is 8.47. The van der Waals surface area contributed by atoms with Gasteiger partial charge in [0.25, 0.3) is 5.91 Å². The fourth-order valence-electron chi connectivity index (χ4n) is 4.02. The first-order chi connectivity index (χ1) is 17.8. The Kier molecular flexibility index (Phi) is 7.97. The van der Waals surface area contributed by atoms with Crippen molar-refractivity contribution >= 4 is 23.5 Å². The van der Waals surface area contributed by atoms with Gasteiger partial charge in [-0.05, 0) is 66.2 Å². The van der Waals surface area contributed by atoms with E-state index < -0.39 is 35.5 Å². The molecular formula is C27H26F2N4O4. The van der Waals surface area contributed by atoms with Crippen LogP contribution in [-0.4, -0.2) is 60.4 Å². The molecule has 4 rings (SSSR count). The quantitative estimate of drug-likeness (QED) is 0.532. The van der Waals surface area contributed by atoms with Gasteiger partial charge in [0, 0.05) is 30.9 Å². The van der Waals surface area contributed by atoms with Crippen LogP contribution in [0.5, 0.6) is 5.75 Å². The van der Waals surface area contributed by atoms with Gasteiger partial charge in [-0.15, -0.1) is 0 Å². The molecule has 1 fully saturated rings. The van der Waals surface area contributed by atoms with Crippen LogP contribution in [0.2, 0.25) is 0 Å². The van der Waals surface area contributed by atoms with Gasteiger partial charge < -0.3 is 25.2 Å². The maximum absolute atomic E-state index is 13.4. The molecule has 0 radical (unpaired) electrons. The molecule has 1 saturated heterocycles. The smallest absolute Gasteiger partial charge is 0.321 e. The Balaban J connectivity index is 1.50. The van der Waals surface area contributed by atoms with E-state index in [1.54, 1.807) is 25.3 Å². The Labute approximate surface area is 212 Å². The van der Waals surface area contributed by atoms with E-state index >= 15 is 0 Å². The molecule has 1 aliphatic heterocycles. The summed E-state index contributed by atoms with van der Waals surface area (Å²) in [5, 5.41) is 5.51. The van der Waals surface area contributed by atoms with Crippen molar-refractivity contribution in [3.8, 4) is 5.75 Å². The molecule has 0 bridgehead atoms. The number of piperazine rings is 1. The highest BCUT2D eigenvalue weighted by Gasteiger charge is 2.37. The van der Waals surface area contributed by atoms with Gasteiger partial charge in [-0.25, -0.2) is 13.6 Å². The first-order valence-electron chi connectivity index (χ1n) is 11.6. The van der Waals surface area contributed by atoms with Crippen LogP contribution in [0.3, 0.4) is 0 Å². The zero-order valence-electron chi connectivity index (χ0n) is 20.1. The Hall–Kier alpha value is -4.47. The third kappa shape index (κ3) is 6.40. The standard InChI is InChI=1S/C27H26F2N4O4/c1-37-23-4-2-3-18(15-23)16-30-25(34)24-17-32(27(36)31-22-11-9-21(29)10-12-22)13-14-33(24)26(35)19-5-7-20(28)8-6-19/h2-12,15,24H,13-14,16-17H2,1H3,(H,30,34)(H,31,36). The molecule has 8 nitrogen and oxygen atoms in total. The monoisotopic (exact) mass is 508 g/mol. The Morgan fingerprint density at radius 1 is 0.946 bits per heavy atom. The fourth-order valence-corrected chi connectivity index (χ4v) is 4.02. The lowest BCUT2D eigenvalue weighted by atomic mass is 10.1. The van der Waals surface area contributed by atoms with Crippen molar-refractivity contribution in [2.45, 2.75) is 12.6 Å². The lowest BCUT2D eigenvalue weighted by Gasteiger charge is -2.40. The van der Waals surface area contributed by atoms with Crippen molar-refractivity contribution in [3.63, 3.8) is 0 Å². The minimum atomic E-state index is -0.990. The van der Waals surface area contributed by atoms with Crippen LogP contribution >= 0.6 is 0 Å². The fraction of sp³-hybridized carbons (Fsp3) is 0.222. The maximum Gasteiger partial charge on any atom is 0.321 e. The number of anilines is 1. The van der Waals surface area contributed by atoms with Crippen LogP contribution in [0, 0.1) is 11.6 Å². The molecule has 0 spiro atoms. The van der Waals surface area contributed by atoms with Crippen molar-refractivity contribution < 1.29 is 27.9 Å². The number of carbonyl (C=O) groups excluding carboxylic acids is 3. The van der Waals surface area contributed by atoms with E-state index in [-0.39, 0.29) is 31.7 Å². The molecule has 1 unspecified atom stereocenters. The Morgan fingerprint density at radius 3 is 2.30 bits per heavy atom. The number of halogens is 2. The number of amides is 4. The van der Waals surface area contributed by atoms with Gasteiger partial charge in [0.2, 0.25) is 5.91 Å². The Bertz CT molecular complexity index is 1270. The van der Waals surface area contributed by atoms with Crippen LogP contribution in [-0.2, 0) is 11.3 Å². The molecule has 4 amide bonds. The average Bonchev–Trinajstić information content (AvgIpc) is 2.92. The predicted octanol–water partition coefficient (Wildman–Crippen LogP) is 3.65. The lowest BCUT2D eigenvalue weighted by Crippen LogP contribution is -2.62. The van der Waals surface area contributed by atoms with Crippen LogP contribution < -0.4 is 15.4 Å². The molecule has 3 aromatic carbocycles. The molecule has 37 heavy (non-hydrogen) atoms. The summed E-state index contributed by atoms with van der Waals surface area (Å²) in [6.07, 6.45) is 0. The number of nitrogens with zero attached hydrogens (tertiary/aromatic N) is 2. The zero-order chi connectivity index (χ0) is 26.4. The lowest BCUT2D eigenvalue weighted by molar-refractivity contribution is -0.127. The summed E-state index contributed by atoms with van der Waals surface area (Å²) >= 11 is 0. The Morgan fingerprint density at radius 2 is 1.62 bits per heavy atom. The molecule has 1 aliphatic rings. The van der Waals surface area contributed by atoms with Gasteiger partial charge in [0.05, 0.1) is 13.7 Å². The molecule has 0 aliphatic carbocycles. The summed E-state index contributed by atoms with van der Waals surface area (Å²) in [5.74, 6) is -1.16. The maximum atomic E-state index is 13.4. The number of carbonyl (C=O) groups is 3. The van der Waals surface area contributed by atoms with Gasteiger partial charge >= 0.3 is 6.03 Å². The highest BCUT2D eigenvalue weighted by molar-refractivity contribution is 5.98. The molecular weight excluding hydrogens is 482 g/mol. The van der Waals surface area contributed by atoms with Crippen molar-refractivity contribution in [1.29, 1.82) is 0 Å². The zero-order valence-corrected chi connectivity index (χ0v) is 20.1. The minimum Gasteiger partial charge on any atom is -0.497 e. The third-order valence-corrected chi connectivity index (χ3v) is 6.02. The number of hydrogen-bond donors (Lipinski definition) is 2. The molecule has 192 valence electrons. The summed E-state index contributed by atoms with van der Waals surface area (Å²) in [6, 6.07) is 16.1. The van der Waals surface area contributed by atoms with E-state index in [0.717, 1.165) is 5.56 Å². The van der Waals surface area contributed by atoms with Gasteiger partial charge in [-0.3, -0.25) is 9.59 Å². The largest absolute Gasteiger partial charge is 0.497 e. The molecule has 0 aromatic heterocycles. The number of methoxy groups -OCH3 is 1. The summed E-state index contributed by atoms with van der Waals surface area (Å²) in [6.45, 7) is 0.376. The molecule has 2 N–H and O–H groups in total. The van der Waals surface area contributed by atoms with Gasteiger partial charge in [-0.2, -0.15) is 0 Å².